The van der Waals surface area contributed by atoms with Gasteiger partial charge in [0.05, 0.1) is 5.02 Å². The molecule has 0 aliphatic carbocycles. The fourth-order valence-corrected chi connectivity index (χ4v) is 3.69. The average Bonchev–Trinajstić information content (AvgIpc) is 2.85. The van der Waals surface area contributed by atoms with Crippen LogP contribution in [-0.2, 0) is 10.0 Å². The first-order valence-corrected chi connectivity index (χ1v) is 8.03. The molecule has 114 valence electrons. The van der Waals surface area contributed by atoms with Crippen LogP contribution in [0.2, 0.25) is 5.02 Å². The molecule has 2 N–H and O–H groups in total. The maximum Gasteiger partial charge on any atom is 0.242 e. The quantitative estimate of drug-likeness (QED) is 0.863. The van der Waals surface area contributed by atoms with Crippen LogP contribution >= 0.6 is 24.0 Å². The second-order valence-corrected chi connectivity index (χ2v) is 6.70. The third kappa shape index (κ3) is 4.56. The number of sulfonamides is 1. The molecule has 0 spiro atoms. The summed E-state index contributed by atoms with van der Waals surface area (Å²) in [6.07, 6.45) is 2.89. The molecule has 8 heteroatoms. The van der Waals surface area contributed by atoms with Crippen molar-refractivity contribution in [2.75, 3.05) is 13.1 Å². The Labute approximate surface area is 129 Å². The molecule has 1 aliphatic rings. The molecule has 0 aromatic heterocycles. The van der Waals surface area contributed by atoms with E-state index in [1.807, 2.05) is 0 Å². The van der Waals surface area contributed by atoms with E-state index in [2.05, 4.69) is 10.0 Å². The minimum atomic E-state index is -3.75. The zero-order valence-electron chi connectivity index (χ0n) is 10.7. The molecule has 1 heterocycles. The van der Waals surface area contributed by atoms with E-state index in [1.54, 1.807) is 0 Å². The van der Waals surface area contributed by atoms with Crippen molar-refractivity contribution in [1.82, 2.24) is 10.0 Å². The van der Waals surface area contributed by atoms with Crippen LogP contribution in [0.4, 0.5) is 4.39 Å². The van der Waals surface area contributed by atoms with E-state index in [4.69, 9.17) is 11.6 Å². The van der Waals surface area contributed by atoms with Gasteiger partial charge in [0.15, 0.2) is 0 Å². The minimum absolute atomic E-state index is 0. The monoisotopic (exact) mass is 342 g/mol. The lowest BCUT2D eigenvalue weighted by Crippen LogP contribution is -2.30. The molecule has 0 radical (unpaired) electrons. The van der Waals surface area contributed by atoms with Gasteiger partial charge >= 0.3 is 0 Å². The summed E-state index contributed by atoms with van der Waals surface area (Å²) >= 11 is 5.79. The van der Waals surface area contributed by atoms with Crippen LogP contribution in [0.5, 0.6) is 0 Å². The molecule has 1 fully saturated rings. The van der Waals surface area contributed by atoms with Gasteiger partial charge in [0.1, 0.15) is 10.7 Å². The van der Waals surface area contributed by atoms with Crippen molar-refractivity contribution in [2.24, 2.45) is 0 Å². The van der Waals surface area contributed by atoms with Gasteiger partial charge < -0.3 is 5.32 Å². The third-order valence-electron chi connectivity index (χ3n) is 3.13. The average molecular weight is 343 g/mol. The molecule has 1 atom stereocenters. The van der Waals surface area contributed by atoms with Crippen molar-refractivity contribution >= 4 is 34.0 Å². The van der Waals surface area contributed by atoms with Crippen molar-refractivity contribution < 1.29 is 12.8 Å². The number of nitrogens with one attached hydrogen (secondary N) is 2. The number of benzene rings is 1. The van der Waals surface area contributed by atoms with Crippen molar-refractivity contribution in [3.05, 3.63) is 29.0 Å². The molecule has 2 rings (SSSR count). The number of hydrogen-bond donors (Lipinski definition) is 2. The van der Waals surface area contributed by atoms with Gasteiger partial charge in [-0.3, -0.25) is 0 Å². The molecular weight excluding hydrogens is 326 g/mol. The van der Waals surface area contributed by atoms with Gasteiger partial charge in [0.25, 0.3) is 0 Å². The Morgan fingerprint density at radius 1 is 1.45 bits per heavy atom. The van der Waals surface area contributed by atoms with Gasteiger partial charge in [0.2, 0.25) is 10.0 Å². The topological polar surface area (TPSA) is 58.2 Å². The maximum absolute atomic E-state index is 13.1. The van der Waals surface area contributed by atoms with Crippen LogP contribution in [0.1, 0.15) is 19.3 Å². The van der Waals surface area contributed by atoms with Crippen molar-refractivity contribution in [3.8, 4) is 0 Å². The van der Waals surface area contributed by atoms with Crippen LogP contribution in [0.15, 0.2) is 23.1 Å². The highest BCUT2D eigenvalue weighted by molar-refractivity contribution is 7.89. The van der Waals surface area contributed by atoms with Crippen molar-refractivity contribution in [1.29, 1.82) is 0 Å². The first kappa shape index (κ1) is 17.7. The lowest BCUT2D eigenvalue weighted by molar-refractivity contribution is 0.538. The summed E-state index contributed by atoms with van der Waals surface area (Å²) in [5.41, 5.74) is 0. The third-order valence-corrected chi connectivity index (χ3v) is 5.07. The second-order valence-electron chi connectivity index (χ2n) is 4.55. The molecular formula is C12H17Cl2FN2O2S. The van der Waals surface area contributed by atoms with E-state index in [0.717, 1.165) is 31.5 Å². The lowest BCUT2D eigenvalue weighted by atomic mass is 10.2. The molecule has 0 amide bonds. The predicted molar refractivity (Wildman–Crippen MR) is 79.5 cm³/mol. The van der Waals surface area contributed by atoms with Crippen molar-refractivity contribution in [3.63, 3.8) is 0 Å². The highest BCUT2D eigenvalue weighted by Crippen LogP contribution is 2.22. The largest absolute Gasteiger partial charge is 0.314 e. The molecule has 20 heavy (non-hydrogen) atoms. The summed E-state index contributed by atoms with van der Waals surface area (Å²) < 4.78 is 39.5. The number of halogens is 3. The summed E-state index contributed by atoms with van der Waals surface area (Å²) in [6, 6.07) is 3.65. The van der Waals surface area contributed by atoms with Gasteiger partial charge in [-0.15, -0.1) is 12.4 Å². The van der Waals surface area contributed by atoms with E-state index < -0.39 is 15.8 Å². The summed E-state index contributed by atoms with van der Waals surface area (Å²) in [5.74, 6) is -0.623. The van der Waals surface area contributed by atoms with Gasteiger partial charge in [-0.25, -0.2) is 17.5 Å². The van der Waals surface area contributed by atoms with Gasteiger partial charge in [-0.1, -0.05) is 11.6 Å². The molecule has 1 aromatic rings. The van der Waals surface area contributed by atoms with Crippen LogP contribution in [-0.4, -0.2) is 27.5 Å². The first-order chi connectivity index (χ1) is 8.99. The molecule has 4 nitrogen and oxygen atoms in total. The zero-order chi connectivity index (χ0) is 13.9. The number of rotatable bonds is 5. The summed E-state index contributed by atoms with van der Waals surface area (Å²) in [4.78, 5) is -0.214. The predicted octanol–water partition coefficient (Wildman–Crippen LogP) is 2.32. The molecule has 1 saturated heterocycles. The molecule has 1 aromatic carbocycles. The van der Waals surface area contributed by atoms with Crippen LogP contribution in [0, 0.1) is 5.82 Å². The van der Waals surface area contributed by atoms with E-state index in [1.165, 1.54) is 6.07 Å². The highest BCUT2D eigenvalue weighted by Gasteiger charge is 2.20. The van der Waals surface area contributed by atoms with Crippen LogP contribution in [0.25, 0.3) is 0 Å². The van der Waals surface area contributed by atoms with E-state index in [-0.39, 0.29) is 22.3 Å². The van der Waals surface area contributed by atoms with Crippen molar-refractivity contribution in [2.45, 2.75) is 30.2 Å². The standard InChI is InChI=1S/C12H16ClFN2O2S.ClH/c13-11-4-3-9(14)8-12(11)19(17,18)16-7-5-10-2-1-6-15-10;/h3-4,8,10,15-16H,1-2,5-7H2;1H/t10-;/m1./s1. The fraction of sp³-hybridized carbons (Fsp3) is 0.500. The Morgan fingerprint density at radius 2 is 2.20 bits per heavy atom. The Hall–Kier alpha value is -0.400. The SMILES string of the molecule is Cl.O=S(=O)(NCC[C@H]1CCCN1)c1cc(F)ccc1Cl. The Morgan fingerprint density at radius 3 is 2.85 bits per heavy atom. The van der Waals surface area contributed by atoms with E-state index in [0.29, 0.717) is 19.0 Å². The Bertz CT molecular complexity index is 548. The normalized spacial score (nSPS) is 18.8. The van der Waals surface area contributed by atoms with Gasteiger partial charge in [-0.2, -0.15) is 0 Å². The summed E-state index contributed by atoms with van der Waals surface area (Å²) in [5, 5.41) is 3.30. The molecule has 1 aliphatic heterocycles. The van der Waals surface area contributed by atoms with Crippen LogP contribution in [0.3, 0.4) is 0 Å². The summed E-state index contributed by atoms with van der Waals surface area (Å²) in [7, 11) is -3.75. The molecule has 0 bridgehead atoms. The van der Waals surface area contributed by atoms with E-state index in [9.17, 15) is 12.8 Å². The first-order valence-electron chi connectivity index (χ1n) is 6.17. The minimum Gasteiger partial charge on any atom is -0.314 e. The molecule has 0 saturated carbocycles. The van der Waals surface area contributed by atoms with E-state index >= 15 is 0 Å². The second kappa shape index (κ2) is 7.56. The Balaban J connectivity index is 0.00000200. The smallest absolute Gasteiger partial charge is 0.242 e. The van der Waals surface area contributed by atoms with Gasteiger partial charge in [-0.05, 0) is 44.0 Å². The lowest BCUT2D eigenvalue weighted by Gasteiger charge is -2.12. The summed E-state index contributed by atoms with van der Waals surface area (Å²) in [6.45, 7) is 1.29. The molecule has 0 unspecified atom stereocenters. The Kier molecular flexibility index (Phi) is 6.68. The number of hydrogen-bond acceptors (Lipinski definition) is 3. The van der Waals surface area contributed by atoms with Gasteiger partial charge in [0, 0.05) is 12.6 Å². The maximum atomic E-state index is 13.1. The fourth-order valence-electron chi connectivity index (χ4n) is 2.13. The highest BCUT2D eigenvalue weighted by atomic mass is 35.5. The zero-order valence-corrected chi connectivity index (χ0v) is 13.1. The van der Waals surface area contributed by atoms with Crippen LogP contribution < -0.4 is 10.0 Å².